The summed E-state index contributed by atoms with van der Waals surface area (Å²) in [4.78, 5) is 10.2. The fourth-order valence-electron chi connectivity index (χ4n) is 2.67. The summed E-state index contributed by atoms with van der Waals surface area (Å²) in [5.74, 6) is 3.07. The van der Waals surface area contributed by atoms with Crippen LogP contribution in [0.3, 0.4) is 0 Å². The maximum absolute atomic E-state index is 8.79. The van der Waals surface area contributed by atoms with E-state index in [2.05, 4.69) is 28.3 Å². The van der Waals surface area contributed by atoms with E-state index in [0.29, 0.717) is 11.6 Å². The SMILES string of the molecule is Cc1cc(NCc2nccc(SCCCCSCCO)c2C)c(Cl)c(C)n1. The summed E-state index contributed by atoms with van der Waals surface area (Å²) in [6, 6.07) is 4.07. The van der Waals surface area contributed by atoms with Crippen molar-refractivity contribution < 1.29 is 5.11 Å². The molecule has 2 N–H and O–H groups in total. The highest BCUT2D eigenvalue weighted by atomic mass is 35.5. The van der Waals surface area contributed by atoms with Crippen LogP contribution >= 0.6 is 35.1 Å². The highest BCUT2D eigenvalue weighted by Gasteiger charge is 2.09. The van der Waals surface area contributed by atoms with Crippen LogP contribution in [0, 0.1) is 20.8 Å². The number of nitrogens with one attached hydrogen (secondary N) is 1. The summed E-state index contributed by atoms with van der Waals surface area (Å²) in [6.45, 7) is 6.94. The quantitative estimate of drug-likeness (QED) is 0.378. The van der Waals surface area contributed by atoms with Crippen molar-refractivity contribution >= 4 is 40.8 Å². The maximum Gasteiger partial charge on any atom is 0.0850 e. The lowest BCUT2D eigenvalue weighted by Gasteiger charge is -2.14. The van der Waals surface area contributed by atoms with Gasteiger partial charge in [0.2, 0.25) is 0 Å². The van der Waals surface area contributed by atoms with E-state index < -0.39 is 0 Å². The van der Waals surface area contributed by atoms with Crippen molar-refractivity contribution in [3.63, 3.8) is 0 Å². The summed E-state index contributed by atoms with van der Waals surface area (Å²) >= 11 is 10.1. The summed E-state index contributed by atoms with van der Waals surface area (Å²) in [6.07, 6.45) is 4.26. The van der Waals surface area contributed by atoms with E-state index in [-0.39, 0.29) is 6.61 Å². The van der Waals surface area contributed by atoms with Gasteiger partial charge in [-0.25, -0.2) is 0 Å². The Kier molecular flexibility index (Phi) is 9.76. The largest absolute Gasteiger partial charge is 0.396 e. The minimum absolute atomic E-state index is 0.274. The van der Waals surface area contributed by atoms with Crippen molar-refractivity contribution in [2.24, 2.45) is 0 Å². The zero-order valence-electron chi connectivity index (χ0n) is 16.2. The zero-order chi connectivity index (χ0) is 19.6. The molecule has 2 aromatic heterocycles. The monoisotopic (exact) mass is 425 g/mol. The standard InChI is InChI=1S/C20H28ClN3OS2/c1-14-12-17(20(21)16(3)24-14)23-13-18-15(2)19(6-7-22-18)27-10-5-4-9-26-11-8-25/h6-7,12,25H,4-5,8-11,13H2,1-3H3,(H,23,24). The summed E-state index contributed by atoms with van der Waals surface area (Å²) in [5, 5.41) is 12.9. The van der Waals surface area contributed by atoms with Crippen LogP contribution in [0.15, 0.2) is 23.2 Å². The van der Waals surface area contributed by atoms with E-state index in [1.165, 1.54) is 23.3 Å². The van der Waals surface area contributed by atoms with Gasteiger partial charge in [0.15, 0.2) is 0 Å². The number of pyridine rings is 2. The van der Waals surface area contributed by atoms with Crippen LogP contribution in [-0.4, -0.2) is 38.9 Å². The van der Waals surface area contributed by atoms with Gasteiger partial charge in [0, 0.05) is 22.5 Å². The zero-order valence-corrected chi connectivity index (χ0v) is 18.6. The fraction of sp³-hybridized carbons (Fsp3) is 0.500. The van der Waals surface area contributed by atoms with Crippen LogP contribution in [0.5, 0.6) is 0 Å². The number of aliphatic hydroxyl groups excluding tert-OH is 1. The molecule has 0 aliphatic heterocycles. The number of nitrogens with zero attached hydrogens (tertiary/aromatic N) is 2. The Hall–Kier alpha value is -0.950. The summed E-state index contributed by atoms with van der Waals surface area (Å²) < 4.78 is 0. The topological polar surface area (TPSA) is 58.0 Å². The number of aromatic nitrogens is 2. The highest BCUT2D eigenvalue weighted by molar-refractivity contribution is 7.99. The van der Waals surface area contributed by atoms with Crippen molar-refractivity contribution in [3.05, 3.63) is 46.0 Å². The smallest absolute Gasteiger partial charge is 0.0850 e. The average molecular weight is 426 g/mol. The van der Waals surface area contributed by atoms with E-state index in [9.17, 15) is 0 Å². The minimum atomic E-state index is 0.274. The molecule has 0 bridgehead atoms. The third kappa shape index (κ3) is 7.18. The molecular weight excluding hydrogens is 398 g/mol. The molecule has 0 fully saturated rings. The first-order valence-electron chi connectivity index (χ1n) is 9.16. The van der Waals surface area contributed by atoms with Crippen LogP contribution in [-0.2, 0) is 6.54 Å². The first kappa shape index (κ1) is 22.3. The van der Waals surface area contributed by atoms with Crippen LogP contribution in [0.1, 0.15) is 35.5 Å². The second-order valence-corrected chi connectivity index (χ2v) is 9.08. The lowest BCUT2D eigenvalue weighted by molar-refractivity contribution is 0.322. The van der Waals surface area contributed by atoms with Gasteiger partial charge in [0.1, 0.15) is 0 Å². The molecule has 0 amide bonds. The molecule has 148 valence electrons. The molecule has 0 atom stereocenters. The van der Waals surface area contributed by atoms with Crippen molar-refractivity contribution in [2.75, 3.05) is 29.2 Å². The van der Waals surface area contributed by atoms with Gasteiger partial charge in [0.05, 0.1) is 35.2 Å². The molecule has 0 saturated heterocycles. The molecule has 0 radical (unpaired) electrons. The molecule has 0 aromatic carbocycles. The molecule has 27 heavy (non-hydrogen) atoms. The Labute approximate surface area is 175 Å². The van der Waals surface area contributed by atoms with E-state index in [1.807, 2.05) is 49.6 Å². The van der Waals surface area contributed by atoms with Crippen molar-refractivity contribution in [1.29, 1.82) is 0 Å². The Bertz CT molecular complexity index is 743. The average Bonchev–Trinajstić information content (AvgIpc) is 2.64. The molecule has 0 unspecified atom stereocenters. The Morgan fingerprint density at radius 2 is 1.93 bits per heavy atom. The van der Waals surface area contributed by atoms with Crippen LogP contribution in [0.4, 0.5) is 5.69 Å². The third-order valence-corrected chi connectivity index (χ3v) is 6.90. The van der Waals surface area contributed by atoms with Gasteiger partial charge in [-0.1, -0.05) is 11.6 Å². The number of halogens is 1. The van der Waals surface area contributed by atoms with E-state index in [1.54, 1.807) is 0 Å². The molecule has 2 heterocycles. The molecule has 0 aliphatic rings. The Balaban J connectivity index is 1.89. The predicted molar refractivity (Wildman–Crippen MR) is 119 cm³/mol. The predicted octanol–water partition coefficient (Wildman–Crippen LogP) is 5.27. The molecule has 0 aliphatic carbocycles. The Morgan fingerprint density at radius 1 is 1.15 bits per heavy atom. The number of hydrogen-bond donors (Lipinski definition) is 2. The summed E-state index contributed by atoms with van der Waals surface area (Å²) in [5.41, 5.74) is 4.96. The van der Waals surface area contributed by atoms with E-state index in [0.717, 1.165) is 40.0 Å². The molecule has 2 aromatic rings. The first-order chi connectivity index (χ1) is 13.0. The molecule has 7 heteroatoms. The second-order valence-electron chi connectivity index (χ2n) is 6.34. The molecule has 4 nitrogen and oxygen atoms in total. The molecule has 0 spiro atoms. The van der Waals surface area contributed by atoms with E-state index in [4.69, 9.17) is 16.7 Å². The van der Waals surface area contributed by atoms with Gasteiger partial charge >= 0.3 is 0 Å². The van der Waals surface area contributed by atoms with Gasteiger partial charge in [-0.3, -0.25) is 9.97 Å². The van der Waals surface area contributed by atoms with Gasteiger partial charge < -0.3 is 10.4 Å². The number of rotatable bonds is 11. The number of hydrogen-bond acceptors (Lipinski definition) is 6. The lowest BCUT2D eigenvalue weighted by Crippen LogP contribution is -2.06. The fourth-order valence-corrected chi connectivity index (χ4v) is 4.63. The van der Waals surface area contributed by atoms with Gasteiger partial charge in [-0.2, -0.15) is 11.8 Å². The van der Waals surface area contributed by atoms with Crippen molar-refractivity contribution in [2.45, 2.75) is 45.1 Å². The van der Waals surface area contributed by atoms with Gasteiger partial charge in [-0.05, 0) is 62.8 Å². The van der Waals surface area contributed by atoms with Crippen LogP contribution in [0.25, 0.3) is 0 Å². The molecule has 0 saturated carbocycles. The minimum Gasteiger partial charge on any atom is -0.396 e. The highest BCUT2D eigenvalue weighted by Crippen LogP contribution is 2.28. The lowest BCUT2D eigenvalue weighted by atomic mass is 10.2. The molecular formula is C20H28ClN3OS2. The van der Waals surface area contributed by atoms with E-state index >= 15 is 0 Å². The normalized spacial score (nSPS) is 11.0. The van der Waals surface area contributed by atoms with Gasteiger partial charge in [-0.15, -0.1) is 11.8 Å². The Morgan fingerprint density at radius 3 is 2.70 bits per heavy atom. The number of thioether (sulfide) groups is 2. The van der Waals surface area contributed by atoms with Crippen molar-refractivity contribution in [1.82, 2.24) is 9.97 Å². The third-order valence-electron chi connectivity index (χ3n) is 4.13. The second kappa shape index (κ2) is 11.8. The van der Waals surface area contributed by atoms with Gasteiger partial charge in [0.25, 0.3) is 0 Å². The number of aliphatic hydroxyl groups is 1. The summed E-state index contributed by atoms with van der Waals surface area (Å²) in [7, 11) is 0. The number of anilines is 1. The maximum atomic E-state index is 8.79. The number of aryl methyl sites for hydroxylation is 2. The first-order valence-corrected chi connectivity index (χ1v) is 11.7. The molecule has 2 rings (SSSR count). The van der Waals surface area contributed by atoms with Crippen LogP contribution in [0.2, 0.25) is 5.02 Å². The number of unbranched alkanes of at least 4 members (excludes halogenated alkanes) is 1. The van der Waals surface area contributed by atoms with Crippen LogP contribution < -0.4 is 5.32 Å². The van der Waals surface area contributed by atoms with Crippen molar-refractivity contribution in [3.8, 4) is 0 Å².